The number of aromatic nitrogens is 4. The first-order chi connectivity index (χ1) is 15.1. The highest BCUT2D eigenvalue weighted by Gasteiger charge is 2.58. The van der Waals surface area contributed by atoms with Crippen molar-refractivity contribution in [3.05, 3.63) is 47.8 Å². The van der Waals surface area contributed by atoms with Crippen molar-refractivity contribution in [2.75, 3.05) is 36.4 Å². The van der Waals surface area contributed by atoms with Crippen LogP contribution in [-0.2, 0) is 0 Å². The molecule has 31 heavy (non-hydrogen) atoms. The maximum absolute atomic E-state index is 12.7. The maximum Gasteiger partial charge on any atom is 0.275 e. The Labute approximate surface area is 181 Å². The SMILES string of the molecule is Cc1cn2cc(NC(=O)c3cnc(N4CC5C(C4)C5N4CCCC4)cn3)cc(C)c2n1. The van der Waals surface area contributed by atoms with Crippen LogP contribution in [0.15, 0.2) is 30.9 Å². The molecule has 2 unspecified atom stereocenters. The third-order valence-corrected chi connectivity index (χ3v) is 7.02. The summed E-state index contributed by atoms with van der Waals surface area (Å²) >= 11 is 0. The van der Waals surface area contributed by atoms with Crippen molar-refractivity contribution < 1.29 is 4.79 Å². The third-order valence-electron chi connectivity index (χ3n) is 7.02. The molecule has 0 bridgehead atoms. The molecule has 2 saturated heterocycles. The number of rotatable bonds is 4. The smallest absolute Gasteiger partial charge is 0.275 e. The zero-order valence-electron chi connectivity index (χ0n) is 18.0. The predicted octanol–water partition coefficient (Wildman–Crippen LogP) is 2.52. The second-order valence-electron chi connectivity index (χ2n) is 9.21. The van der Waals surface area contributed by atoms with Gasteiger partial charge in [0.15, 0.2) is 0 Å². The zero-order valence-corrected chi connectivity index (χ0v) is 18.0. The minimum atomic E-state index is -0.256. The lowest BCUT2D eigenvalue weighted by molar-refractivity contribution is 0.102. The molecule has 1 amide bonds. The van der Waals surface area contributed by atoms with Gasteiger partial charge in [-0.3, -0.25) is 9.69 Å². The molecule has 6 rings (SSSR count). The molecule has 3 aromatic rings. The van der Waals surface area contributed by atoms with E-state index in [2.05, 4.69) is 30.1 Å². The Kier molecular flexibility index (Phi) is 4.24. The summed E-state index contributed by atoms with van der Waals surface area (Å²) in [4.78, 5) is 31.1. The van der Waals surface area contributed by atoms with E-state index in [0.717, 1.165) is 53.7 Å². The molecule has 3 aliphatic rings. The van der Waals surface area contributed by atoms with E-state index in [9.17, 15) is 4.79 Å². The highest BCUT2D eigenvalue weighted by molar-refractivity contribution is 6.02. The molecule has 1 N–H and O–H groups in total. The van der Waals surface area contributed by atoms with Crippen molar-refractivity contribution in [3.8, 4) is 0 Å². The van der Waals surface area contributed by atoms with Crippen LogP contribution in [0.3, 0.4) is 0 Å². The molecule has 2 atom stereocenters. The molecule has 5 heterocycles. The number of imidazole rings is 1. The lowest BCUT2D eigenvalue weighted by Gasteiger charge is -2.24. The lowest BCUT2D eigenvalue weighted by Crippen LogP contribution is -2.33. The highest BCUT2D eigenvalue weighted by Crippen LogP contribution is 2.50. The number of aryl methyl sites for hydroxylation is 2. The molecule has 2 aliphatic heterocycles. The molecular formula is C23H27N7O. The molecule has 0 spiro atoms. The number of likely N-dealkylation sites (tertiary alicyclic amines) is 1. The number of piperidine rings is 1. The monoisotopic (exact) mass is 417 g/mol. The molecular weight excluding hydrogens is 390 g/mol. The first-order valence-electron chi connectivity index (χ1n) is 11.2. The molecule has 1 saturated carbocycles. The number of nitrogens with zero attached hydrogens (tertiary/aromatic N) is 6. The van der Waals surface area contributed by atoms with Crippen molar-refractivity contribution in [2.45, 2.75) is 32.7 Å². The van der Waals surface area contributed by atoms with Gasteiger partial charge in [-0.05, 0) is 63.2 Å². The van der Waals surface area contributed by atoms with E-state index in [4.69, 9.17) is 0 Å². The fourth-order valence-corrected chi connectivity index (χ4v) is 5.52. The summed E-state index contributed by atoms with van der Waals surface area (Å²) in [6.07, 6.45) is 9.84. The Morgan fingerprint density at radius 2 is 1.84 bits per heavy atom. The van der Waals surface area contributed by atoms with Crippen molar-refractivity contribution in [2.24, 2.45) is 11.8 Å². The van der Waals surface area contributed by atoms with E-state index in [1.807, 2.05) is 36.7 Å². The van der Waals surface area contributed by atoms with Gasteiger partial charge in [0, 0.05) is 31.5 Å². The van der Waals surface area contributed by atoms with Crippen LogP contribution in [0, 0.1) is 25.7 Å². The number of anilines is 2. The first kappa shape index (κ1) is 18.7. The molecule has 0 radical (unpaired) electrons. The van der Waals surface area contributed by atoms with Crippen LogP contribution >= 0.6 is 0 Å². The van der Waals surface area contributed by atoms with E-state index in [1.54, 1.807) is 12.4 Å². The lowest BCUT2D eigenvalue weighted by atomic mass is 10.2. The largest absolute Gasteiger partial charge is 0.355 e. The van der Waals surface area contributed by atoms with E-state index in [1.165, 1.54) is 25.9 Å². The van der Waals surface area contributed by atoms with Gasteiger partial charge in [0.25, 0.3) is 5.91 Å². The average molecular weight is 418 g/mol. The van der Waals surface area contributed by atoms with Gasteiger partial charge in [0.2, 0.25) is 0 Å². The standard InChI is InChI=1S/C23H27N7O/c1-14-7-16(11-30-10-15(2)26-22(14)30)27-23(31)19-8-25-20(9-24-19)29-12-17-18(13-29)21(17)28-5-3-4-6-28/h7-11,17-18,21H,3-6,12-13H2,1-2H3,(H,27,31). The number of nitrogens with one attached hydrogen (secondary N) is 1. The van der Waals surface area contributed by atoms with Gasteiger partial charge in [-0.25, -0.2) is 15.0 Å². The Morgan fingerprint density at radius 1 is 1.06 bits per heavy atom. The van der Waals surface area contributed by atoms with Gasteiger partial charge in [-0.1, -0.05) is 0 Å². The molecule has 3 aromatic heterocycles. The third kappa shape index (κ3) is 3.26. The van der Waals surface area contributed by atoms with Gasteiger partial charge in [-0.15, -0.1) is 0 Å². The number of fused-ring (bicyclic) bond motifs is 2. The maximum atomic E-state index is 12.7. The zero-order chi connectivity index (χ0) is 21.1. The summed E-state index contributed by atoms with van der Waals surface area (Å²) in [6, 6.07) is 2.71. The van der Waals surface area contributed by atoms with Crippen molar-refractivity contribution >= 4 is 23.1 Å². The second kappa shape index (κ2) is 7.02. The number of pyridine rings is 1. The van der Waals surface area contributed by atoms with Gasteiger partial charge >= 0.3 is 0 Å². The van der Waals surface area contributed by atoms with Gasteiger partial charge in [0.05, 0.1) is 23.8 Å². The summed E-state index contributed by atoms with van der Waals surface area (Å²) in [5.74, 6) is 2.16. The van der Waals surface area contributed by atoms with E-state index < -0.39 is 0 Å². The van der Waals surface area contributed by atoms with Gasteiger partial charge < -0.3 is 14.6 Å². The van der Waals surface area contributed by atoms with Crippen LogP contribution in [0.4, 0.5) is 11.5 Å². The fourth-order valence-electron chi connectivity index (χ4n) is 5.52. The highest BCUT2D eigenvalue weighted by atomic mass is 16.1. The molecule has 8 heteroatoms. The van der Waals surface area contributed by atoms with Crippen molar-refractivity contribution in [1.29, 1.82) is 0 Å². The number of hydrogen-bond acceptors (Lipinski definition) is 6. The van der Waals surface area contributed by atoms with Crippen LogP contribution in [0.5, 0.6) is 0 Å². The Balaban J connectivity index is 1.11. The first-order valence-corrected chi connectivity index (χ1v) is 11.2. The number of amides is 1. The summed E-state index contributed by atoms with van der Waals surface area (Å²) in [5, 5.41) is 2.93. The molecule has 3 fully saturated rings. The Hall–Kier alpha value is -3.00. The van der Waals surface area contributed by atoms with Crippen molar-refractivity contribution in [3.63, 3.8) is 0 Å². The Bertz CT molecular complexity index is 1140. The minimum absolute atomic E-state index is 0.256. The molecule has 8 nitrogen and oxygen atoms in total. The Morgan fingerprint density at radius 3 is 2.55 bits per heavy atom. The quantitative estimate of drug-likeness (QED) is 0.703. The van der Waals surface area contributed by atoms with Gasteiger partial charge in [0.1, 0.15) is 17.2 Å². The van der Waals surface area contributed by atoms with Crippen LogP contribution < -0.4 is 10.2 Å². The van der Waals surface area contributed by atoms with E-state index >= 15 is 0 Å². The van der Waals surface area contributed by atoms with Crippen LogP contribution in [0.25, 0.3) is 5.65 Å². The van der Waals surface area contributed by atoms with Crippen LogP contribution in [-0.4, -0.2) is 62.4 Å². The van der Waals surface area contributed by atoms with E-state index in [-0.39, 0.29) is 5.91 Å². The van der Waals surface area contributed by atoms with Crippen LogP contribution in [0.2, 0.25) is 0 Å². The summed E-state index contributed by atoms with van der Waals surface area (Å²) in [5.41, 5.74) is 3.88. The minimum Gasteiger partial charge on any atom is -0.355 e. The molecule has 160 valence electrons. The fraction of sp³-hybridized carbons (Fsp3) is 0.478. The van der Waals surface area contributed by atoms with Gasteiger partial charge in [-0.2, -0.15) is 0 Å². The molecule has 0 aromatic carbocycles. The van der Waals surface area contributed by atoms with E-state index in [0.29, 0.717) is 11.4 Å². The number of carbonyl (C=O) groups is 1. The summed E-state index contributed by atoms with van der Waals surface area (Å²) in [6.45, 7) is 8.59. The number of carbonyl (C=O) groups excluding carboxylic acids is 1. The predicted molar refractivity (Wildman–Crippen MR) is 118 cm³/mol. The summed E-state index contributed by atoms with van der Waals surface area (Å²) < 4.78 is 1.93. The molecule has 1 aliphatic carbocycles. The number of hydrogen-bond donors (Lipinski definition) is 1. The normalized spacial score (nSPS) is 25.2. The topological polar surface area (TPSA) is 78.7 Å². The van der Waals surface area contributed by atoms with Crippen LogP contribution in [0.1, 0.15) is 34.6 Å². The average Bonchev–Trinajstić information content (AvgIpc) is 3.23. The second-order valence-corrected chi connectivity index (χ2v) is 9.21. The summed E-state index contributed by atoms with van der Waals surface area (Å²) in [7, 11) is 0. The van der Waals surface area contributed by atoms with Crippen molar-refractivity contribution in [1.82, 2.24) is 24.3 Å².